The quantitative estimate of drug-likeness (QED) is 0.759. The molecule has 1 saturated carbocycles. The van der Waals surface area contributed by atoms with Crippen molar-refractivity contribution in [3.8, 4) is 0 Å². The summed E-state index contributed by atoms with van der Waals surface area (Å²) < 4.78 is 5.56. The van der Waals surface area contributed by atoms with Crippen molar-refractivity contribution in [3.05, 3.63) is 0 Å². The highest BCUT2D eigenvalue weighted by molar-refractivity contribution is 6.40. The molecule has 0 aromatic heterocycles. The average molecular weight is 325 g/mol. The van der Waals surface area contributed by atoms with Crippen LogP contribution in [0.2, 0.25) is 0 Å². The van der Waals surface area contributed by atoms with Crippen LogP contribution in [-0.4, -0.2) is 58.9 Å². The van der Waals surface area contributed by atoms with E-state index in [-0.39, 0.29) is 37.0 Å². The molecule has 1 aliphatic heterocycles. The Kier molecular flexibility index (Phi) is 4.48. The lowest BCUT2D eigenvalue weighted by Gasteiger charge is -2.58. The Hall–Kier alpha value is -1.96. The summed E-state index contributed by atoms with van der Waals surface area (Å²) in [6.45, 7) is 5.86. The molecular formula is C15H23N3O5. The van der Waals surface area contributed by atoms with Crippen molar-refractivity contribution in [3.63, 3.8) is 0 Å². The van der Waals surface area contributed by atoms with Gasteiger partial charge in [-0.15, -0.1) is 0 Å². The normalized spacial score (nSPS) is 29.6. The van der Waals surface area contributed by atoms with Crippen molar-refractivity contribution in [2.24, 2.45) is 10.5 Å². The van der Waals surface area contributed by atoms with E-state index in [9.17, 15) is 19.5 Å². The van der Waals surface area contributed by atoms with Crippen LogP contribution in [0.5, 0.6) is 0 Å². The topological polar surface area (TPSA) is 108 Å². The van der Waals surface area contributed by atoms with Crippen LogP contribution in [0.4, 0.5) is 0 Å². The van der Waals surface area contributed by atoms with Crippen molar-refractivity contribution in [2.45, 2.75) is 51.7 Å². The predicted octanol–water partition coefficient (Wildman–Crippen LogP) is 0.369. The van der Waals surface area contributed by atoms with Gasteiger partial charge in [0, 0.05) is 38.3 Å². The van der Waals surface area contributed by atoms with Gasteiger partial charge in [0.25, 0.3) is 5.91 Å². The first kappa shape index (κ1) is 17.4. The zero-order chi connectivity index (χ0) is 17.4. The van der Waals surface area contributed by atoms with E-state index in [0.29, 0.717) is 6.61 Å². The van der Waals surface area contributed by atoms with Crippen molar-refractivity contribution in [2.75, 3.05) is 13.7 Å². The van der Waals surface area contributed by atoms with Gasteiger partial charge in [-0.3, -0.25) is 9.59 Å². The molecule has 1 fully saturated rings. The number of aliphatic carboxylic acids is 1. The lowest BCUT2D eigenvalue weighted by Crippen LogP contribution is -2.76. The Morgan fingerprint density at radius 3 is 2.57 bits per heavy atom. The largest absolute Gasteiger partial charge is 0.479 e. The fourth-order valence-corrected chi connectivity index (χ4v) is 3.14. The third kappa shape index (κ3) is 2.71. The Balaban J connectivity index is 2.19. The molecule has 128 valence electrons. The second-order valence-corrected chi connectivity index (χ2v) is 6.50. The van der Waals surface area contributed by atoms with Gasteiger partial charge in [-0.2, -0.15) is 5.10 Å². The summed E-state index contributed by atoms with van der Waals surface area (Å²) in [7, 11) is 1.47. The fraction of sp³-hybridized carbons (Fsp3) is 0.733. The molecule has 0 aromatic carbocycles. The molecule has 0 unspecified atom stereocenters. The van der Waals surface area contributed by atoms with E-state index in [0.717, 1.165) is 5.01 Å². The summed E-state index contributed by atoms with van der Waals surface area (Å²) >= 11 is 0. The standard InChI is InChI=1S/C15H23N3O5/c1-5-23-10-8-15(13(21)22,14(10,2)3)16-12(20)9-6-7-11(19)18(4)17-9/h10H,5-8H2,1-4H3,(H,16,20)(H,21,22)/t10-,15-/m0/s1. The molecule has 0 saturated heterocycles. The van der Waals surface area contributed by atoms with Crippen LogP contribution >= 0.6 is 0 Å². The van der Waals surface area contributed by atoms with Crippen LogP contribution in [0.15, 0.2) is 5.10 Å². The molecule has 0 aromatic rings. The fourth-order valence-electron chi connectivity index (χ4n) is 3.14. The lowest BCUT2D eigenvalue weighted by molar-refractivity contribution is -0.193. The Morgan fingerprint density at radius 2 is 2.09 bits per heavy atom. The van der Waals surface area contributed by atoms with Gasteiger partial charge in [-0.05, 0) is 6.92 Å². The van der Waals surface area contributed by atoms with Gasteiger partial charge in [0.1, 0.15) is 11.3 Å². The Morgan fingerprint density at radius 1 is 1.43 bits per heavy atom. The molecular weight excluding hydrogens is 302 g/mol. The van der Waals surface area contributed by atoms with Gasteiger partial charge in [0.2, 0.25) is 5.91 Å². The van der Waals surface area contributed by atoms with E-state index in [2.05, 4.69) is 10.4 Å². The minimum Gasteiger partial charge on any atom is -0.479 e. The molecule has 0 bridgehead atoms. The average Bonchev–Trinajstić information content (AvgIpc) is 2.48. The molecule has 1 aliphatic carbocycles. The van der Waals surface area contributed by atoms with Crippen LogP contribution in [0.3, 0.4) is 0 Å². The molecule has 2 N–H and O–H groups in total. The summed E-state index contributed by atoms with van der Waals surface area (Å²) in [4.78, 5) is 35.7. The molecule has 8 heteroatoms. The minimum absolute atomic E-state index is 0.170. The first-order valence-electron chi connectivity index (χ1n) is 7.67. The molecule has 2 aliphatic rings. The summed E-state index contributed by atoms with van der Waals surface area (Å²) in [5, 5.41) is 17.3. The molecule has 2 atom stereocenters. The highest BCUT2D eigenvalue weighted by atomic mass is 16.5. The van der Waals surface area contributed by atoms with E-state index in [4.69, 9.17) is 4.74 Å². The van der Waals surface area contributed by atoms with E-state index >= 15 is 0 Å². The Bertz CT molecular complexity index is 571. The van der Waals surface area contributed by atoms with Crippen molar-refractivity contribution < 1.29 is 24.2 Å². The number of amides is 2. The number of hydrogen-bond acceptors (Lipinski definition) is 5. The van der Waals surface area contributed by atoms with Gasteiger partial charge in [-0.1, -0.05) is 13.8 Å². The SMILES string of the molecule is CCO[C@H]1C[C@](NC(=O)C2=NN(C)C(=O)CC2)(C(=O)O)C1(C)C. The number of carbonyl (C=O) groups excluding carboxylic acids is 2. The van der Waals surface area contributed by atoms with E-state index < -0.39 is 22.8 Å². The van der Waals surface area contributed by atoms with Crippen molar-refractivity contribution >= 4 is 23.5 Å². The lowest BCUT2D eigenvalue weighted by atomic mass is 9.54. The van der Waals surface area contributed by atoms with E-state index in [1.54, 1.807) is 13.8 Å². The monoisotopic (exact) mass is 325 g/mol. The van der Waals surface area contributed by atoms with Crippen molar-refractivity contribution in [1.82, 2.24) is 10.3 Å². The Labute approximate surface area is 134 Å². The third-order valence-electron chi connectivity index (χ3n) is 4.93. The molecule has 1 heterocycles. The van der Waals surface area contributed by atoms with Crippen LogP contribution in [0, 0.1) is 5.41 Å². The second-order valence-electron chi connectivity index (χ2n) is 6.50. The molecule has 2 amide bonds. The van der Waals surface area contributed by atoms with Crippen LogP contribution < -0.4 is 5.32 Å². The first-order chi connectivity index (χ1) is 10.7. The third-order valence-corrected chi connectivity index (χ3v) is 4.93. The molecule has 0 spiro atoms. The zero-order valence-electron chi connectivity index (χ0n) is 13.9. The van der Waals surface area contributed by atoms with Gasteiger partial charge >= 0.3 is 5.97 Å². The number of hydrogen-bond donors (Lipinski definition) is 2. The number of carboxylic acids is 1. The van der Waals surface area contributed by atoms with E-state index in [1.807, 2.05) is 6.92 Å². The van der Waals surface area contributed by atoms with Gasteiger partial charge in [0.15, 0.2) is 0 Å². The number of rotatable bonds is 5. The highest BCUT2D eigenvalue weighted by Gasteiger charge is 2.66. The number of carbonyl (C=O) groups is 3. The number of carboxylic acid groups (broad SMARTS) is 1. The van der Waals surface area contributed by atoms with E-state index in [1.165, 1.54) is 7.05 Å². The molecule has 0 radical (unpaired) electrons. The maximum absolute atomic E-state index is 12.4. The maximum atomic E-state index is 12.4. The van der Waals surface area contributed by atoms with Gasteiger partial charge < -0.3 is 15.2 Å². The molecule has 8 nitrogen and oxygen atoms in total. The smallest absolute Gasteiger partial charge is 0.330 e. The number of nitrogens with zero attached hydrogens (tertiary/aromatic N) is 2. The summed E-state index contributed by atoms with van der Waals surface area (Å²) in [5.74, 6) is -1.81. The maximum Gasteiger partial charge on any atom is 0.330 e. The van der Waals surface area contributed by atoms with Crippen LogP contribution in [0.25, 0.3) is 0 Å². The van der Waals surface area contributed by atoms with Gasteiger partial charge in [0.05, 0.1) is 6.10 Å². The number of hydrazone groups is 1. The summed E-state index contributed by atoms with van der Waals surface area (Å²) in [6.07, 6.45) is 0.367. The van der Waals surface area contributed by atoms with Crippen molar-refractivity contribution in [1.29, 1.82) is 0 Å². The van der Waals surface area contributed by atoms with Crippen LogP contribution in [-0.2, 0) is 19.1 Å². The van der Waals surface area contributed by atoms with Crippen LogP contribution in [0.1, 0.15) is 40.0 Å². The number of nitrogens with one attached hydrogen (secondary N) is 1. The molecule has 2 rings (SSSR count). The molecule has 23 heavy (non-hydrogen) atoms. The minimum atomic E-state index is -1.40. The zero-order valence-corrected chi connectivity index (χ0v) is 13.9. The summed E-state index contributed by atoms with van der Waals surface area (Å²) in [5.41, 5.74) is -1.98. The number of ether oxygens (including phenoxy) is 1. The second kappa shape index (κ2) is 5.92. The summed E-state index contributed by atoms with van der Waals surface area (Å²) in [6, 6.07) is 0. The predicted molar refractivity (Wildman–Crippen MR) is 81.8 cm³/mol. The van der Waals surface area contributed by atoms with Gasteiger partial charge in [-0.25, -0.2) is 9.80 Å². The highest BCUT2D eigenvalue weighted by Crippen LogP contribution is 2.51. The first-order valence-corrected chi connectivity index (χ1v) is 7.67.